The lowest BCUT2D eigenvalue weighted by atomic mass is 10.0. The molecule has 0 spiro atoms. The average molecular weight is 428 g/mol. The highest BCUT2D eigenvalue weighted by molar-refractivity contribution is 7.99. The third kappa shape index (κ3) is 3.52. The Morgan fingerprint density at radius 2 is 1.76 bits per heavy atom. The molecule has 0 unspecified atom stereocenters. The minimum Gasteiger partial charge on any atom is -0.494 e. The molecule has 1 atom stereocenters. The third-order valence-electron chi connectivity index (χ3n) is 4.93. The molecule has 0 bridgehead atoms. The van der Waals surface area contributed by atoms with E-state index >= 15 is 0 Å². The van der Waals surface area contributed by atoms with Crippen molar-refractivity contribution in [1.29, 1.82) is 0 Å². The van der Waals surface area contributed by atoms with Crippen molar-refractivity contribution in [2.75, 3.05) is 0 Å². The molecule has 0 aliphatic carbocycles. The Morgan fingerprint density at radius 1 is 1.07 bits per heavy atom. The molecule has 1 aliphatic heterocycles. The summed E-state index contributed by atoms with van der Waals surface area (Å²) < 4.78 is 2.04. The van der Waals surface area contributed by atoms with Gasteiger partial charge in [-0.1, -0.05) is 35.9 Å². The summed E-state index contributed by atoms with van der Waals surface area (Å²) in [6.45, 7) is 0. The van der Waals surface area contributed by atoms with Gasteiger partial charge in [0, 0.05) is 35.7 Å². The first-order valence-electron chi connectivity index (χ1n) is 8.95. The predicted octanol–water partition coefficient (Wildman–Crippen LogP) is 3.80. The zero-order valence-corrected chi connectivity index (χ0v) is 17.4. The van der Waals surface area contributed by atoms with Crippen LogP contribution >= 0.6 is 23.4 Å². The lowest BCUT2D eigenvalue weighted by Crippen LogP contribution is -2.40. The van der Waals surface area contributed by atoms with Crippen molar-refractivity contribution < 1.29 is 5.11 Å². The lowest BCUT2D eigenvalue weighted by molar-refractivity contribution is 0.410. The SMILES string of the molecule is Cn1c(O)c(C2=Nc3ccccc3S[C@H](c3ccc(Cl)cc3)C2)c(=O)n(C)c1=O. The number of hydrogen-bond donors (Lipinski definition) is 1. The Kier molecular flexibility index (Phi) is 5.10. The molecule has 0 amide bonds. The second-order valence-electron chi connectivity index (χ2n) is 6.79. The van der Waals surface area contributed by atoms with Crippen LogP contribution in [0.5, 0.6) is 5.88 Å². The van der Waals surface area contributed by atoms with E-state index in [0.29, 0.717) is 17.2 Å². The monoisotopic (exact) mass is 427 g/mol. The van der Waals surface area contributed by atoms with Crippen LogP contribution in [0.4, 0.5) is 5.69 Å². The molecule has 2 heterocycles. The standard InChI is InChI=1S/C21H18ClN3O3S/c1-24-19(26)18(20(27)25(2)21(24)28)15-11-17(12-7-9-13(22)10-8-12)29-16-6-4-3-5-14(16)23-15/h3-10,17,26H,11H2,1-2H3/t17-/m0/s1. The zero-order valence-electron chi connectivity index (χ0n) is 15.8. The van der Waals surface area contributed by atoms with Gasteiger partial charge in [-0.05, 0) is 29.8 Å². The minimum absolute atomic E-state index is 0.0454. The van der Waals surface area contributed by atoms with Gasteiger partial charge >= 0.3 is 5.69 Å². The predicted molar refractivity (Wildman–Crippen MR) is 116 cm³/mol. The van der Waals surface area contributed by atoms with Crippen molar-refractivity contribution in [3.8, 4) is 5.88 Å². The van der Waals surface area contributed by atoms with Crippen molar-refractivity contribution >= 4 is 34.8 Å². The summed E-state index contributed by atoms with van der Waals surface area (Å²) in [6.07, 6.45) is 0.405. The van der Waals surface area contributed by atoms with Crippen molar-refractivity contribution in [3.05, 3.63) is 85.5 Å². The molecule has 0 radical (unpaired) electrons. The first-order valence-corrected chi connectivity index (χ1v) is 10.2. The van der Waals surface area contributed by atoms with Gasteiger partial charge in [0.05, 0.1) is 11.4 Å². The fraction of sp³-hybridized carbons (Fsp3) is 0.190. The Morgan fingerprint density at radius 3 is 2.48 bits per heavy atom. The van der Waals surface area contributed by atoms with E-state index < -0.39 is 11.2 Å². The summed E-state index contributed by atoms with van der Waals surface area (Å²) in [5.74, 6) is -0.379. The second-order valence-corrected chi connectivity index (χ2v) is 8.47. The highest BCUT2D eigenvalue weighted by atomic mass is 35.5. The molecule has 0 saturated heterocycles. The lowest BCUT2D eigenvalue weighted by Gasteiger charge is -2.17. The minimum atomic E-state index is -0.588. The summed E-state index contributed by atoms with van der Waals surface area (Å²) in [5, 5.41) is 11.2. The summed E-state index contributed by atoms with van der Waals surface area (Å²) in [4.78, 5) is 30.7. The fourth-order valence-corrected chi connectivity index (χ4v) is 4.68. The van der Waals surface area contributed by atoms with Crippen LogP contribution in [0.25, 0.3) is 0 Å². The van der Waals surface area contributed by atoms with Crippen molar-refractivity contribution in [2.24, 2.45) is 19.1 Å². The number of fused-ring (bicyclic) bond motifs is 1. The Balaban J connectivity index is 1.93. The second kappa shape index (κ2) is 7.57. The molecule has 0 saturated carbocycles. The molecule has 6 nitrogen and oxygen atoms in total. The van der Waals surface area contributed by atoms with Crippen molar-refractivity contribution in [3.63, 3.8) is 0 Å². The number of thioether (sulfide) groups is 1. The quantitative estimate of drug-likeness (QED) is 0.674. The van der Waals surface area contributed by atoms with E-state index in [9.17, 15) is 14.7 Å². The highest BCUT2D eigenvalue weighted by Crippen LogP contribution is 2.45. The van der Waals surface area contributed by atoms with Crippen LogP contribution in [0.2, 0.25) is 5.02 Å². The van der Waals surface area contributed by atoms with Crippen LogP contribution in [0.1, 0.15) is 22.8 Å². The summed E-state index contributed by atoms with van der Waals surface area (Å²) in [7, 11) is 2.82. The molecular formula is C21H18ClN3O3S. The van der Waals surface area contributed by atoms with Crippen LogP contribution in [0.15, 0.2) is 68.0 Å². The smallest absolute Gasteiger partial charge is 0.333 e. The third-order valence-corrected chi connectivity index (χ3v) is 6.51. The molecule has 4 rings (SSSR count). The maximum absolute atomic E-state index is 12.9. The Bertz CT molecular complexity index is 1250. The van der Waals surface area contributed by atoms with E-state index in [1.807, 2.05) is 48.5 Å². The van der Waals surface area contributed by atoms with E-state index in [4.69, 9.17) is 16.6 Å². The van der Waals surface area contributed by atoms with E-state index in [2.05, 4.69) is 0 Å². The van der Waals surface area contributed by atoms with E-state index in [-0.39, 0.29) is 16.7 Å². The van der Waals surface area contributed by atoms with Gasteiger partial charge in [-0.2, -0.15) is 0 Å². The van der Waals surface area contributed by atoms with E-state index in [1.165, 1.54) is 14.1 Å². The molecule has 3 aromatic rings. The molecule has 1 aromatic heterocycles. The number of aromatic hydroxyl groups is 1. The molecule has 1 aliphatic rings. The topological polar surface area (TPSA) is 76.6 Å². The Labute approximate surface area is 176 Å². The number of rotatable bonds is 2. The van der Waals surface area contributed by atoms with Gasteiger partial charge in [0.2, 0.25) is 5.88 Å². The number of nitrogens with zero attached hydrogens (tertiary/aromatic N) is 3. The van der Waals surface area contributed by atoms with Crippen molar-refractivity contribution in [1.82, 2.24) is 9.13 Å². The van der Waals surface area contributed by atoms with Crippen LogP contribution in [-0.2, 0) is 14.1 Å². The summed E-state index contributed by atoms with van der Waals surface area (Å²) in [6, 6.07) is 15.2. The van der Waals surface area contributed by atoms with E-state index in [0.717, 1.165) is 25.3 Å². The van der Waals surface area contributed by atoms with Crippen LogP contribution in [0.3, 0.4) is 0 Å². The van der Waals surface area contributed by atoms with Gasteiger partial charge in [0.15, 0.2) is 0 Å². The first kappa shape index (κ1) is 19.5. The molecule has 8 heteroatoms. The number of aliphatic imine (C=N–C) groups is 1. The van der Waals surface area contributed by atoms with Gasteiger partial charge in [-0.15, -0.1) is 11.8 Å². The van der Waals surface area contributed by atoms with Crippen LogP contribution in [0, 0.1) is 0 Å². The summed E-state index contributed by atoms with van der Waals surface area (Å²) in [5.41, 5.74) is 1.09. The van der Waals surface area contributed by atoms with Crippen LogP contribution in [-0.4, -0.2) is 20.0 Å². The van der Waals surface area contributed by atoms with Gasteiger partial charge < -0.3 is 5.11 Å². The first-order chi connectivity index (χ1) is 13.9. The normalized spacial score (nSPS) is 16.1. The van der Waals surface area contributed by atoms with E-state index in [1.54, 1.807) is 11.8 Å². The molecule has 29 heavy (non-hydrogen) atoms. The average Bonchev–Trinajstić information content (AvgIpc) is 2.91. The zero-order chi connectivity index (χ0) is 20.7. The maximum atomic E-state index is 12.9. The number of para-hydroxylation sites is 1. The fourth-order valence-electron chi connectivity index (χ4n) is 3.32. The van der Waals surface area contributed by atoms with Gasteiger partial charge in [0.25, 0.3) is 5.56 Å². The molecule has 2 aromatic carbocycles. The molecular weight excluding hydrogens is 410 g/mol. The van der Waals surface area contributed by atoms with Crippen molar-refractivity contribution in [2.45, 2.75) is 16.6 Å². The number of benzene rings is 2. The number of aromatic nitrogens is 2. The molecule has 1 N–H and O–H groups in total. The molecule has 0 fully saturated rings. The van der Waals surface area contributed by atoms with Gasteiger partial charge in [-0.3, -0.25) is 18.9 Å². The highest BCUT2D eigenvalue weighted by Gasteiger charge is 2.27. The van der Waals surface area contributed by atoms with Gasteiger partial charge in [0.1, 0.15) is 5.56 Å². The summed E-state index contributed by atoms with van der Waals surface area (Å²) >= 11 is 7.68. The van der Waals surface area contributed by atoms with Crippen LogP contribution < -0.4 is 11.2 Å². The van der Waals surface area contributed by atoms with Gasteiger partial charge in [-0.25, -0.2) is 4.79 Å². The maximum Gasteiger partial charge on any atom is 0.333 e. The number of halogens is 1. The molecule has 148 valence electrons. The Hall–Kier alpha value is -2.77. The number of hydrogen-bond acceptors (Lipinski definition) is 5. The largest absolute Gasteiger partial charge is 0.494 e.